The minimum Gasteiger partial charge on any atom is -0.493 e. The number of rotatable bonds is 6. The number of aromatic nitrogens is 2. The van der Waals surface area contributed by atoms with Gasteiger partial charge >= 0.3 is 5.97 Å². The number of hydrogen-bond acceptors (Lipinski definition) is 7. The second-order valence-electron chi connectivity index (χ2n) is 8.30. The predicted octanol–water partition coefficient (Wildman–Crippen LogP) is 2.77. The molecule has 4 rings (SSSR count). The van der Waals surface area contributed by atoms with Crippen LogP contribution in [0.5, 0.6) is 11.5 Å². The van der Waals surface area contributed by atoms with E-state index >= 15 is 0 Å². The van der Waals surface area contributed by atoms with Crippen LogP contribution in [0.25, 0.3) is 6.08 Å². The molecule has 0 radical (unpaired) electrons. The summed E-state index contributed by atoms with van der Waals surface area (Å²) in [6, 6.07) is 6.70. The Morgan fingerprint density at radius 3 is 2.46 bits per heavy atom. The number of carbonyl (C=O) groups excluding carboxylic acids is 1. The quantitative estimate of drug-likeness (QED) is 0.491. The molecule has 3 heterocycles. The zero-order valence-corrected chi connectivity index (χ0v) is 21.8. The summed E-state index contributed by atoms with van der Waals surface area (Å²) in [6.07, 6.45) is 1.89. The van der Waals surface area contributed by atoms with Gasteiger partial charge in [-0.25, -0.2) is 9.79 Å². The van der Waals surface area contributed by atoms with Crippen molar-refractivity contribution >= 4 is 23.4 Å². The van der Waals surface area contributed by atoms with Crippen molar-refractivity contribution in [1.82, 2.24) is 9.13 Å². The number of allylic oxidation sites excluding steroid dienone is 1. The number of hydrogen-bond donors (Lipinski definition) is 0. The van der Waals surface area contributed by atoms with E-state index in [1.807, 2.05) is 33.0 Å². The van der Waals surface area contributed by atoms with E-state index in [2.05, 4.69) is 15.6 Å². The van der Waals surface area contributed by atoms with Crippen LogP contribution in [0.2, 0.25) is 0 Å². The van der Waals surface area contributed by atoms with E-state index in [9.17, 15) is 9.59 Å². The molecule has 1 aliphatic heterocycles. The summed E-state index contributed by atoms with van der Waals surface area (Å²) in [5.41, 5.74) is 4.45. The van der Waals surface area contributed by atoms with Crippen LogP contribution >= 0.6 is 11.3 Å². The SMILES string of the molecule is CCOC(=O)C1=C(C)N=c2s/c(=C/c3cc(C)n(C)c3C)c(=O)n2[C@H]1c1ccc(OC)c(OC)c1. The minimum atomic E-state index is -0.717. The molecule has 184 valence electrons. The normalized spacial score (nSPS) is 15.6. The van der Waals surface area contributed by atoms with Crippen molar-refractivity contribution in [2.24, 2.45) is 12.0 Å². The number of carbonyl (C=O) groups is 1. The fourth-order valence-corrected chi connectivity index (χ4v) is 5.34. The lowest BCUT2D eigenvalue weighted by Gasteiger charge is -2.25. The first kappa shape index (κ1) is 24.5. The number of nitrogens with zero attached hydrogens (tertiary/aromatic N) is 3. The molecule has 0 fully saturated rings. The third kappa shape index (κ3) is 4.20. The molecule has 1 atom stereocenters. The lowest BCUT2D eigenvalue weighted by Crippen LogP contribution is -2.40. The van der Waals surface area contributed by atoms with Gasteiger partial charge < -0.3 is 18.8 Å². The molecule has 1 aromatic carbocycles. The van der Waals surface area contributed by atoms with Crippen molar-refractivity contribution in [2.45, 2.75) is 33.7 Å². The van der Waals surface area contributed by atoms with E-state index in [0.29, 0.717) is 37.7 Å². The van der Waals surface area contributed by atoms with Crippen molar-refractivity contribution < 1.29 is 19.0 Å². The van der Waals surface area contributed by atoms with Gasteiger partial charge in [0.1, 0.15) is 0 Å². The van der Waals surface area contributed by atoms with Crippen molar-refractivity contribution in [2.75, 3.05) is 20.8 Å². The minimum absolute atomic E-state index is 0.214. The number of methoxy groups -OCH3 is 2. The molecule has 0 bridgehead atoms. The van der Waals surface area contributed by atoms with Crippen molar-refractivity contribution in [3.63, 3.8) is 0 Å². The summed E-state index contributed by atoms with van der Waals surface area (Å²) in [5, 5.41) is 0. The molecular formula is C26H29N3O5S. The number of thiazole rings is 1. The Bertz CT molecular complexity index is 1520. The number of esters is 1. The highest BCUT2D eigenvalue weighted by Crippen LogP contribution is 2.36. The average molecular weight is 496 g/mol. The standard InChI is InChI=1S/C26H29N3O5S/c1-8-34-25(31)22-15(3)27-26-29(23(22)17-9-10-19(32-6)20(12-17)33-7)24(30)21(35-26)13-18-11-14(2)28(5)16(18)4/h9-13,23H,8H2,1-7H3/b21-13+/t23-/m0/s1. The first-order valence-electron chi connectivity index (χ1n) is 11.3. The van der Waals surface area contributed by atoms with Crippen LogP contribution in [0.3, 0.4) is 0 Å². The highest BCUT2D eigenvalue weighted by Gasteiger charge is 2.34. The van der Waals surface area contributed by atoms with E-state index in [4.69, 9.17) is 14.2 Å². The molecule has 2 aromatic heterocycles. The summed E-state index contributed by atoms with van der Waals surface area (Å²) in [7, 11) is 5.10. The van der Waals surface area contributed by atoms with Gasteiger partial charge in [-0.15, -0.1) is 0 Å². The number of aryl methyl sites for hydroxylation is 1. The molecule has 9 heteroatoms. The Morgan fingerprint density at radius 1 is 1.14 bits per heavy atom. The van der Waals surface area contributed by atoms with Gasteiger partial charge in [0, 0.05) is 18.4 Å². The third-order valence-electron chi connectivity index (χ3n) is 6.34. The highest BCUT2D eigenvalue weighted by atomic mass is 32.1. The molecule has 35 heavy (non-hydrogen) atoms. The molecule has 0 aliphatic carbocycles. The predicted molar refractivity (Wildman–Crippen MR) is 135 cm³/mol. The molecule has 3 aromatic rings. The molecule has 0 amide bonds. The number of benzene rings is 1. The molecular weight excluding hydrogens is 466 g/mol. The van der Waals surface area contributed by atoms with Crippen LogP contribution in [0, 0.1) is 13.8 Å². The maximum atomic E-state index is 13.8. The van der Waals surface area contributed by atoms with E-state index in [-0.39, 0.29) is 12.2 Å². The summed E-state index contributed by atoms with van der Waals surface area (Å²) >= 11 is 1.30. The molecule has 0 N–H and O–H groups in total. The Labute approximate surface area is 207 Å². The zero-order chi connectivity index (χ0) is 25.4. The van der Waals surface area contributed by atoms with Gasteiger partial charge in [0.25, 0.3) is 5.56 Å². The Kier molecular flexibility index (Phi) is 6.71. The van der Waals surface area contributed by atoms with Crippen molar-refractivity contribution in [3.8, 4) is 11.5 Å². The topological polar surface area (TPSA) is 84.1 Å². The van der Waals surface area contributed by atoms with E-state index in [0.717, 1.165) is 17.0 Å². The molecule has 0 spiro atoms. The first-order valence-corrected chi connectivity index (χ1v) is 12.1. The molecule has 0 saturated heterocycles. The fourth-order valence-electron chi connectivity index (χ4n) is 4.30. The van der Waals surface area contributed by atoms with Crippen LogP contribution < -0.4 is 24.4 Å². The smallest absolute Gasteiger partial charge is 0.338 e. The highest BCUT2D eigenvalue weighted by molar-refractivity contribution is 7.07. The third-order valence-corrected chi connectivity index (χ3v) is 7.32. The maximum absolute atomic E-state index is 13.8. The summed E-state index contributed by atoms with van der Waals surface area (Å²) in [5.74, 6) is 0.551. The van der Waals surface area contributed by atoms with Gasteiger partial charge in [-0.2, -0.15) is 0 Å². The van der Waals surface area contributed by atoms with E-state index in [1.54, 1.807) is 44.8 Å². The monoisotopic (exact) mass is 495 g/mol. The van der Waals surface area contributed by atoms with Crippen LogP contribution in [-0.2, 0) is 16.6 Å². The van der Waals surface area contributed by atoms with Gasteiger partial charge in [0.2, 0.25) is 0 Å². The number of fused-ring (bicyclic) bond motifs is 1. The fraction of sp³-hybridized carbons (Fsp3) is 0.346. The summed E-state index contributed by atoms with van der Waals surface area (Å²) in [6.45, 7) is 7.77. The summed E-state index contributed by atoms with van der Waals surface area (Å²) in [4.78, 5) is 32.0. The Hall–Kier alpha value is -3.59. The largest absolute Gasteiger partial charge is 0.493 e. The lowest BCUT2D eigenvalue weighted by atomic mass is 9.95. The second kappa shape index (κ2) is 9.58. The van der Waals surface area contributed by atoms with Crippen molar-refractivity contribution in [1.29, 1.82) is 0 Å². The van der Waals surface area contributed by atoms with Crippen LogP contribution in [0.4, 0.5) is 0 Å². The first-order chi connectivity index (χ1) is 16.7. The Morgan fingerprint density at radius 2 is 1.86 bits per heavy atom. The van der Waals surface area contributed by atoms with Gasteiger partial charge in [-0.1, -0.05) is 17.4 Å². The summed E-state index contributed by atoms with van der Waals surface area (Å²) < 4.78 is 20.4. The van der Waals surface area contributed by atoms with Gasteiger partial charge in [-0.05, 0) is 63.1 Å². The molecule has 0 unspecified atom stereocenters. The van der Waals surface area contributed by atoms with Crippen LogP contribution in [-0.4, -0.2) is 35.9 Å². The molecule has 0 saturated carbocycles. The second-order valence-corrected chi connectivity index (χ2v) is 9.31. The van der Waals surface area contributed by atoms with Gasteiger partial charge in [0.15, 0.2) is 16.3 Å². The van der Waals surface area contributed by atoms with E-state index < -0.39 is 12.0 Å². The van der Waals surface area contributed by atoms with Gasteiger partial charge in [0.05, 0.1) is 42.7 Å². The Balaban J connectivity index is 1.99. The van der Waals surface area contributed by atoms with Crippen molar-refractivity contribution in [3.05, 3.63) is 77.7 Å². The van der Waals surface area contributed by atoms with Gasteiger partial charge in [-0.3, -0.25) is 9.36 Å². The average Bonchev–Trinajstić information content (AvgIpc) is 3.27. The molecule has 1 aliphatic rings. The van der Waals surface area contributed by atoms with E-state index in [1.165, 1.54) is 11.3 Å². The number of ether oxygens (including phenoxy) is 3. The van der Waals surface area contributed by atoms with Crippen LogP contribution in [0.1, 0.15) is 42.4 Å². The molecule has 8 nitrogen and oxygen atoms in total. The van der Waals surface area contributed by atoms with Crippen LogP contribution in [0.15, 0.2) is 45.3 Å². The maximum Gasteiger partial charge on any atom is 0.338 e. The zero-order valence-electron chi connectivity index (χ0n) is 21.0. The lowest BCUT2D eigenvalue weighted by molar-refractivity contribution is -0.139.